The van der Waals surface area contributed by atoms with E-state index in [1.807, 2.05) is 12.2 Å². The van der Waals surface area contributed by atoms with Crippen LogP contribution < -0.4 is 0 Å². The summed E-state index contributed by atoms with van der Waals surface area (Å²) in [5.41, 5.74) is 3.83. The number of allylic oxidation sites excluding steroid dienone is 16. The molecule has 2 saturated carbocycles. The van der Waals surface area contributed by atoms with E-state index in [-0.39, 0.29) is 53.2 Å². The van der Waals surface area contributed by atoms with Crippen molar-refractivity contribution in [3.05, 3.63) is 94.2 Å². The minimum atomic E-state index is -0.494. The van der Waals surface area contributed by atoms with Crippen molar-refractivity contribution in [2.45, 2.75) is 6.42 Å². The van der Waals surface area contributed by atoms with Gasteiger partial charge in [-0.05, 0) is 29.2 Å². The first-order valence-corrected chi connectivity index (χ1v) is 10.8. The Morgan fingerprint density at radius 1 is 0.871 bits per heavy atom. The largest absolute Gasteiger partial charge is 0.299 e. The zero-order chi connectivity index (χ0) is 21.0. The Morgan fingerprint density at radius 3 is 2.61 bits per heavy atom. The molecule has 150 valence electrons. The van der Waals surface area contributed by atoms with Gasteiger partial charge in [-0.1, -0.05) is 54.2 Å². The van der Waals surface area contributed by atoms with Gasteiger partial charge in [0.1, 0.15) is 5.78 Å². The molecule has 0 aromatic heterocycles. The Kier molecular flexibility index (Phi) is 3.15. The Bertz CT molecular complexity index is 1300. The van der Waals surface area contributed by atoms with Crippen molar-refractivity contribution in [2.75, 3.05) is 0 Å². The normalized spacial score (nSPS) is 38.7. The third-order valence-electron chi connectivity index (χ3n) is 8.06. The van der Waals surface area contributed by atoms with Crippen LogP contribution in [0.4, 0.5) is 0 Å². The van der Waals surface area contributed by atoms with Crippen LogP contribution in [0.2, 0.25) is 0 Å². The number of Topliss-reactive ketones (excluding diaryl/α,β-unsaturated/α-hetero) is 3. The summed E-state index contributed by atoms with van der Waals surface area (Å²) in [4.78, 5) is 53.2. The first kappa shape index (κ1) is 17.3. The topological polar surface area (TPSA) is 68.3 Å². The fourth-order valence-electron chi connectivity index (χ4n) is 6.87. The minimum Gasteiger partial charge on any atom is -0.299 e. The summed E-state index contributed by atoms with van der Waals surface area (Å²) in [5, 5.41) is 0. The third kappa shape index (κ3) is 2.01. The van der Waals surface area contributed by atoms with E-state index in [0.29, 0.717) is 22.3 Å². The first-order chi connectivity index (χ1) is 15.0. The molecule has 0 aromatic rings. The fourth-order valence-corrected chi connectivity index (χ4v) is 6.87. The molecule has 0 aromatic carbocycles. The molecular weight excluding hydrogens is 388 g/mol. The van der Waals surface area contributed by atoms with Gasteiger partial charge in [0, 0.05) is 52.7 Å². The van der Waals surface area contributed by atoms with Gasteiger partial charge in [-0.25, -0.2) is 0 Å². The molecule has 0 heterocycles. The molecule has 6 unspecified atom stereocenters. The molecule has 6 atom stereocenters. The van der Waals surface area contributed by atoms with Crippen LogP contribution in [0.3, 0.4) is 0 Å². The van der Waals surface area contributed by atoms with Crippen LogP contribution in [-0.2, 0) is 19.2 Å². The standard InChI is InChI=1S/C27H18O4/c28-20-7-3-6-14-15(20)10-18-22(14)26(30)19-11-21(29)23-16-8-12-4-1-2-5-13(12)9-17(16)25(24(19)23)27(18)31/h1-10,13,16,19,23-25H,11H2. The van der Waals surface area contributed by atoms with E-state index in [4.69, 9.17) is 0 Å². The molecule has 0 amide bonds. The predicted octanol–water partition coefficient (Wildman–Crippen LogP) is 3.12. The molecule has 0 spiro atoms. The number of carbonyl (C=O) groups excluding carboxylic acids is 4. The maximum atomic E-state index is 13.9. The van der Waals surface area contributed by atoms with Gasteiger partial charge in [0.2, 0.25) is 0 Å². The molecule has 7 aliphatic rings. The van der Waals surface area contributed by atoms with E-state index < -0.39 is 11.8 Å². The number of carbonyl (C=O) groups is 4. The molecule has 2 fully saturated rings. The zero-order valence-corrected chi connectivity index (χ0v) is 16.6. The van der Waals surface area contributed by atoms with Gasteiger partial charge in [0.25, 0.3) is 0 Å². The van der Waals surface area contributed by atoms with Gasteiger partial charge in [0.15, 0.2) is 17.3 Å². The number of fused-ring (bicyclic) bond motifs is 6. The van der Waals surface area contributed by atoms with Crippen LogP contribution in [0.5, 0.6) is 0 Å². The fraction of sp³-hybridized carbons (Fsp3) is 0.259. The maximum absolute atomic E-state index is 13.9. The summed E-state index contributed by atoms with van der Waals surface area (Å²) < 4.78 is 0. The Morgan fingerprint density at radius 2 is 1.74 bits per heavy atom. The molecule has 0 bridgehead atoms. The molecule has 7 aliphatic carbocycles. The summed E-state index contributed by atoms with van der Waals surface area (Å²) in [6.07, 6.45) is 19.1. The van der Waals surface area contributed by atoms with Gasteiger partial charge in [0.05, 0.1) is 0 Å². The van der Waals surface area contributed by atoms with Gasteiger partial charge >= 0.3 is 0 Å². The Labute approximate surface area is 178 Å². The number of ketones is 4. The van der Waals surface area contributed by atoms with E-state index in [1.54, 1.807) is 18.2 Å². The second-order valence-electron chi connectivity index (χ2n) is 9.37. The number of rotatable bonds is 0. The molecule has 0 aliphatic heterocycles. The third-order valence-corrected chi connectivity index (χ3v) is 8.06. The average molecular weight is 406 g/mol. The lowest BCUT2D eigenvalue weighted by molar-refractivity contribution is -0.123. The van der Waals surface area contributed by atoms with Crippen LogP contribution in [0.1, 0.15) is 6.42 Å². The second-order valence-corrected chi connectivity index (χ2v) is 9.37. The summed E-state index contributed by atoms with van der Waals surface area (Å²) in [5.74, 6) is -1.93. The van der Waals surface area contributed by atoms with E-state index >= 15 is 0 Å². The molecule has 0 saturated heterocycles. The highest BCUT2D eigenvalue weighted by Crippen LogP contribution is 2.61. The van der Waals surface area contributed by atoms with Crippen molar-refractivity contribution in [3.8, 4) is 0 Å². The highest BCUT2D eigenvalue weighted by molar-refractivity contribution is 6.24. The van der Waals surface area contributed by atoms with Crippen molar-refractivity contribution >= 4 is 23.1 Å². The summed E-state index contributed by atoms with van der Waals surface area (Å²) in [6, 6.07) is 0. The van der Waals surface area contributed by atoms with Crippen molar-refractivity contribution in [2.24, 2.45) is 35.5 Å². The first-order valence-electron chi connectivity index (χ1n) is 10.8. The van der Waals surface area contributed by atoms with E-state index in [1.165, 1.54) is 6.08 Å². The highest BCUT2D eigenvalue weighted by atomic mass is 16.1. The monoisotopic (exact) mass is 406 g/mol. The van der Waals surface area contributed by atoms with Crippen LogP contribution in [-0.4, -0.2) is 23.1 Å². The number of hydrogen-bond donors (Lipinski definition) is 0. The molecular formula is C27H18O4. The number of hydrogen-bond acceptors (Lipinski definition) is 4. The lowest BCUT2D eigenvalue weighted by atomic mass is 9.76. The smallest absolute Gasteiger partial charge is 0.186 e. The van der Waals surface area contributed by atoms with Gasteiger partial charge in [-0.15, -0.1) is 0 Å². The Hall–Kier alpha value is -3.40. The average Bonchev–Trinajstić information content (AvgIpc) is 3.40. The van der Waals surface area contributed by atoms with Crippen LogP contribution >= 0.6 is 0 Å². The zero-order valence-electron chi connectivity index (χ0n) is 16.6. The predicted molar refractivity (Wildman–Crippen MR) is 112 cm³/mol. The van der Waals surface area contributed by atoms with Gasteiger partial charge in [-0.2, -0.15) is 0 Å². The summed E-state index contributed by atoms with van der Waals surface area (Å²) >= 11 is 0. The Balaban J connectivity index is 1.44. The van der Waals surface area contributed by atoms with E-state index in [2.05, 4.69) is 24.3 Å². The second kappa shape index (κ2) is 5.64. The maximum Gasteiger partial charge on any atom is 0.186 e. The minimum absolute atomic E-state index is 0.0870. The summed E-state index contributed by atoms with van der Waals surface area (Å²) in [6.45, 7) is 0. The van der Waals surface area contributed by atoms with Crippen molar-refractivity contribution in [3.63, 3.8) is 0 Å². The van der Waals surface area contributed by atoms with E-state index in [0.717, 1.165) is 11.1 Å². The van der Waals surface area contributed by atoms with Crippen LogP contribution in [0.15, 0.2) is 94.2 Å². The van der Waals surface area contributed by atoms with Crippen LogP contribution in [0.25, 0.3) is 0 Å². The molecule has 0 N–H and O–H groups in total. The molecule has 7 rings (SSSR count). The lowest BCUT2D eigenvalue weighted by Gasteiger charge is -2.27. The van der Waals surface area contributed by atoms with E-state index in [9.17, 15) is 19.2 Å². The van der Waals surface area contributed by atoms with Crippen molar-refractivity contribution in [1.29, 1.82) is 0 Å². The quantitative estimate of drug-likeness (QED) is 0.580. The lowest BCUT2D eigenvalue weighted by Crippen LogP contribution is -2.28. The van der Waals surface area contributed by atoms with Crippen LogP contribution in [0, 0.1) is 35.5 Å². The highest BCUT2D eigenvalue weighted by Gasteiger charge is 2.63. The molecule has 0 radical (unpaired) electrons. The molecule has 31 heavy (non-hydrogen) atoms. The summed E-state index contributed by atoms with van der Waals surface area (Å²) in [7, 11) is 0. The van der Waals surface area contributed by atoms with Crippen molar-refractivity contribution < 1.29 is 19.2 Å². The molecule has 4 nitrogen and oxygen atoms in total. The molecule has 4 heteroatoms. The SMILES string of the molecule is O=C1C=CC=C2C1=CC1=C2C(=O)C2CC(=O)C3C4C=C5C=CC=CC5C=C4C(C1=O)C23. The van der Waals surface area contributed by atoms with Gasteiger partial charge < -0.3 is 0 Å². The van der Waals surface area contributed by atoms with Crippen molar-refractivity contribution in [1.82, 2.24) is 0 Å². The van der Waals surface area contributed by atoms with Gasteiger partial charge in [-0.3, -0.25) is 19.2 Å².